The van der Waals surface area contributed by atoms with E-state index in [-0.39, 0.29) is 17.0 Å². The summed E-state index contributed by atoms with van der Waals surface area (Å²) < 4.78 is 34.5. The topological polar surface area (TPSA) is 54.5 Å². The molecule has 136 valence electrons. The fourth-order valence-electron chi connectivity index (χ4n) is 3.56. The van der Waals surface area contributed by atoms with E-state index in [1.807, 2.05) is 0 Å². The first-order chi connectivity index (χ1) is 12.4. The molecular formula is C19H17ClF2N2O2. The molecule has 1 saturated heterocycles. The van der Waals surface area contributed by atoms with Gasteiger partial charge in [0.15, 0.2) is 0 Å². The van der Waals surface area contributed by atoms with Crippen molar-refractivity contribution in [2.45, 2.75) is 37.1 Å². The summed E-state index contributed by atoms with van der Waals surface area (Å²) in [7, 11) is 0. The van der Waals surface area contributed by atoms with E-state index >= 15 is 4.39 Å². The number of carbonyl (C=O) groups is 1. The quantitative estimate of drug-likeness (QED) is 0.823. The highest BCUT2D eigenvalue weighted by molar-refractivity contribution is 6.31. The predicted molar refractivity (Wildman–Crippen MR) is 91.9 cm³/mol. The summed E-state index contributed by atoms with van der Waals surface area (Å²) in [5.41, 5.74) is -1.47. The van der Waals surface area contributed by atoms with Gasteiger partial charge in [-0.25, -0.2) is 8.78 Å². The van der Waals surface area contributed by atoms with Crippen LogP contribution in [0.15, 0.2) is 36.5 Å². The van der Waals surface area contributed by atoms with Crippen LogP contribution >= 0.6 is 11.6 Å². The molecule has 1 aromatic carbocycles. The van der Waals surface area contributed by atoms with Crippen molar-refractivity contribution in [1.29, 1.82) is 0 Å². The molecule has 1 N–H and O–H groups in total. The summed E-state index contributed by atoms with van der Waals surface area (Å²) in [6, 6.07) is 6.53. The molecule has 4 nitrogen and oxygen atoms in total. The first kappa shape index (κ1) is 17.4. The van der Waals surface area contributed by atoms with Gasteiger partial charge < -0.3 is 10.1 Å². The monoisotopic (exact) mass is 378 g/mol. The van der Waals surface area contributed by atoms with E-state index in [0.29, 0.717) is 24.3 Å². The minimum Gasteiger partial charge on any atom is -0.363 e. The Morgan fingerprint density at radius 3 is 2.85 bits per heavy atom. The molecule has 0 saturated carbocycles. The molecule has 1 aliphatic heterocycles. The highest BCUT2D eigenvalue weighted by Gasteiger charge is 2.59. The first-order valence-electron chi connectivity index (χ1n) is 8.40. The van der Waals surface area contributed by atoms with Crippen LogP contribution < -0.4 is 5.32 Å². The van der Waals surface area contributed by atoms with Gasteiger partial charge in [0.25, 0.3) is 5.91 Å². The summed E-state index contributed by atoms with van der Waals surface area (Å²) >= 11 is 6.04. The van der Waals surface area contributed by atoms with E-state index in [1.54, 1.807) is 25.3 Å². The van der Waals surface area contributed by atoms with Gasteiger partial charge in [0.1, 0.15) is 11.4 Å². The van der Waals surface area contributed by atoms with Crippen molar-refractivity contribution in [3.8, 4) is 0 Å². The van der Waals surface area contributed by atoms with E-state index in [0.717, 1.165) is 0 Å². The van der Waals surface area contributed by atoms with Gasteiger partial charge in [-0.15, -0.1) is 0 Å². The molecule has 1 fully saturated rings. The maximum atomic E-state index is 15.8. The minimum atomic E-state index is -2.19. The Kier molecular flexibility index (Phi) is 4.00. The van der Waals surface area contributed by atoms with Crippen molar-refractivity contribution in [2.24, 2.45) is 0 Å². The number of halogens is 3. The van der Waals surface area contributed by atoms with Crippen LogP contribution in [-0.2, 0) is 20.8 Å². The molecule has 2 aliphatic rings. The van der Waals surface area contributed by atoms with Crippen LogP contribution in [0.25, 0.3) is 0 Å². The number of hydrogen-bond acceptors (Lipinski definition) is 3. The first-order valence-corrected chi connectivity index (χ1v) is 8.78. The number of nitrogens with zero attached hydrogens (tertiary/aromatic N) is 1. The third-order valence-electron chi connectivity index (χ3n) is 5.17. The van der Waals surface area contributed by atoms with Crippen LogP contribution in [0.1, 0.15) is 42.6 Å². The van der Waals surface area contributed by atoms with E-state index in [4.69, 9.17) is 16.3 Å². The molecule has 1 aromatic heterocycles. The zero-order valence-corrected chi connectivity index (χ0v) is 14.8. The van der Waals surface area contributed by atoms with Crippen molar-refractivity contribution in [1.82, 2.24) is 10.3 Å². The van der Waals surface area contributed by atoms with Crippen LogP contribution in [0.5, 0.6) is 0 Å². The number of pyridine rings is 1. The number of carbonyl (C=O) groups excluding carboxylic acids is 1. The lowest BCUT2D eigenvalue weighted by atomic mass is 9.77. The molecule has 0 radical (unpaired) electrons. The Morgan fingerprint density at radius 2 is 2.15 bits per heavy atom. The lowest BCUT2D eigenvalue weighted by Crippen LogP contribution is -2.46. The van der Waals surface area contributed by atoms with Crippen LogP contribution in [0.3, 0.4) is 0 Å². The highest BCUT2D eigenvalue weighted by Crippen LogP contribution is 2.53. The lowest BCUT2D eigenvalue weighted by molar-refractivity contribution is -0.135. The molecule has 1 amide bonds. The van der Waals surface area contributed by atoms with E-state index in [2.05, 4.69) is 10.3 Å². The van der Waals surface area contributed by atoms with Crippen molar-refractivity contribution >= 4 is 17.5 Å². The number of alkyl halides is 1. The summed E-state index contributed by atoms with van der Waals surface area (Å²) in [5, 5.41) is 2.85. The smallest absolute Gasteiger partial charge is 0.262 e. The van der Waals surface area contributed by atoms with Crippen molar-refractivity contribution < 1.29 is 18.3 Å². The maximum Gasteiger partial charge on any atom is 0.262 e. The zero-order chi connectivity index (χ0) is 18.5. The van der Waals surface area contributed by atoms with E-state index < -0.39 is 29.0 Å². The number of hydrogen-bond donors (Lipinski definition) is 1. The van der Waals surface area contributed by atoms with Crippen LogP contribution in [-0.4, -0.2) is 17.5 Å². The van der Waals surface area contributed by atoms with Crippen LogP contribution in [0.2, 0.25) is 5.02 Å². The van der Waals surface area contributed by atoms with Crippen LogP contribution in [0, 0.1) is 5.82 Å². The molecule has 1 unspecified atom stereocenters. The third kappa shape index (κ3) is 2.68. The Labute approximate surface area is 154 Å². The standard InChI is InChI=1S/C19H17ClF2N2O2/c1-11(13-5-4-12(21)9-15(13)20)24-17(25)19(22)7-6-18(10-26-18)16-14(19)3-2-8-23-16/h2-5,8-9,11H,6-7,10H2,1H3,(H,24,25)/t11?,18-,19-/m0/s1. The number of benzene rings is 1. The summed E-state index contributed by atoms with van der Waals surface area (Å²) in [5.74, 6) is -1.23. The normalized spacial score (nSPS) is 27.7. The summed E-state index contributed by atoms with van der Waals surface area (Å²) in [6.07, 6.45) is 1.99. The second-order valence-electron chi connectivity index (χ2n) is 6.84. The van der Waals surface area contributed by atoms with Crippen molar-refractivity contribution in [3.63, 3.8) is 0 Å². The largest absolute Gasteiger partial charge is 0.363 e. The molecule has 2 heterocycles. The highest BCUT2D eigenvalue weighted by atomic mass is 35.5. The second kappa shape index (κ2) is 5.99. The molecular weight excluding hydrogens is 362 g/mol. The van der Waals surface area contributed by atoms with Gasteiger partial charge in [0, 0.05) is 16.8 Å². The minimum absolute atomic E-state index is 0.0153. The maximum absolute atomic E-state index is 15.8. The number of epoxide rings is 1. The SMILES string of the molecule is CC(NC(=O)[C@]1(F)CC[C@]2(CO2)c2ncccc21)c1ccc(F)cc1Cl. The average Bonchev–Trinajstić information content (AvgIpc) is 3.39. The molecule has 4 rings (SSSR count). The molecule has 1 spiro atoms. The van der Waals surface area contributed by atoms with Crippen molar-refractivity contribution in [3.05, 3.63) is 64.2 Å². The van der Waals surface area contributed by atoms with Crippen molar-refractivity contribution in [2.75, 3.05) is 6.61 Å². The second-order valence-corrected chi connectivity index (χ2v) is 7.25. The fraction of sp³-hybridized carbons (Fsp3) is 0.368. The zero-order valence-electron chi connectivity index (χ0n) is 14.1. The molecule has 1 aliphatic carbocycles. The van der Waals surface area contributed by atoms with Gasteiger partial charge in [-0.3, -0.25) is 9.78 Å². The third-order valence-corrected chi connectivity index (χ3v) is 5.50. The molecule has 26 heavy (non-hydrogen) atoms. The van der Waals surface area contributed by atoms with Gasteiger partial charge in [0.2, 0.25) is 5.67 Å². The van der Waals surface area contributed by atoms with Gasteiger partial charge in [-0.2, -0.15) is 0 Å². The Bertz CT molecular complexity index is 888. The number of nitrogens with one attached hydrogen (secondary N) is 1. The van der Waals surface area contributed by atoms with Gasteiger partial charge in [0.05, 0.1) is 18.3 Å². The number of aromatic nitrogens is 1. The summed E-state index contributed by atoms with van der Waals surface area (Å²) in [4.78, 5) is 17.1. The fourth-order valence-corrected chi connectivity index (χ4v) is 3.89. The Hall–Kier alpha value is -2.05. The van der Waals surface area contributed by atoms with Gasteiger partial charge in [-0.1, -0.05) is 23.7 Å². The Morgan fingerprint density at radius 1 is 1.38 bits per heavy atom. The molecule has 3 atom stereocenters. The van der Waals surface area contributed by atoms with E-state index in [1.165, 1.54) is 18.2 Å². The van der Waals surface area contributed by atoms with Crippen LogP contribution in [0.4, 0.5) is 8.78 Å². The number of ether oxygens (including phenoxy) is 1. The predicted octanol–water partition coefficient (Wildman–Crippen LogP) is 3.94. The Balaban J connectivity index is 1.62. The molecule has 0 bridgehead atoms. The van der Waals surface area contributed by atoms with Gasteiger partial charge >= 0.3 is 0 Å². The number of rotatable bonds is 3. The number of amides is 1. The summed E-state index contributed by atoms with van der Waals surface area (Å²) in [6.45, 7) is 2.18. The van der Waals surface area contributed by atoms with E-state index in [9.17, 15) is 9.18 Å². The molecule has 2 aromatic rings. The number of fused-ring (bicyclic) bond motifs is 2. The molecule has 7 heteroatoms. The average molecular weight is 379 g/mol. The van der Waals surface area contributed by atoms with Gasteiger partial charge in [-0.05, 0) is 43.5 Å². The lowest BCUT2D eigenvalue weighted by Gasteiger charge is -2.34.